The zero-order chi connectivity index (χ0) is 13.5. The molecule has 0 amide bonds. The zero-order valence-electron chi connectivity index (χ0n) is 10.4. The van der Waals surface area contributed by atoms with Gasteiger partial charge < -0.3 is 10.1 Å². The van der Waals surface area contributed by atoms with Gasteiger partial charge in [0, 0.05) is 35.1 Å². The summed E-state index contributed by atoms with van der Waals surface area (Å²) in [7, 11) is -0.878. The number of ether oxygens (including phenoxy) is 1. The van der Waals surface area contributed by atoms with Crippen molar-refractivity contribution in [3.8, 4) is 5.75 Å². The molecule has 0 aliphatic heterocycles. The molecular formula is C12H14N4O2S. The summed E-state index contributed by atoms with van der Waals surface area (Å²) in [5.74, 6) is 1.58. The average Bonchev–Trinajstić information content (AvgIpc) is 2.41. The number of hydrogen-bond acceptors (Lipinski definition) is 6. The van der Waals surface area contributed by atoms with E-state index in [0.29, 0.717) is 23.9 Å². The molecule has 7 heteroatoms. The molecule has 2 heterocycles. The van der Waals surface area contributed by atoms with E-state index in [1.165, 1.54) is 6.33 Å². The molecule has 0 saturated heterocycles. The van der Waals surface area contributed by atoms with Gasteiger partial charge in [-0.2, -0.15) is 0 Å². The Hall–Kier alpha value is -2.02. The van der Waals surface area contributed by atoms with Crippen LogP contribution in [0, 0.1) is 0 Å². The Morgan fingerprint density at radius 2 is 2.11 bits per heavy atom. The SMILES string of the molecule is CS(=O)CCOc1cncnc1Nc1ccncc1. The van der Waals surface area contributed by atoms with Crippen molar-refractivity contribution >= 4 is 22.3 Å². The van der Waals surface area contributed by atoms with Crippen molar-refractivity contribution in [3.63, 3.8) is 0 Å². The highest BCUT2D eigenvalue weighted by Gasteiger charge is 2.06. The summed E-state index contributed by atoms with van der Waals surface area (Å²) in [6.45, 7) is 0.363. The molecule has 0 spiro atoms. The van der Waals surface area contributed by atoms with E-state index >= 15 is 0 Å². The van der Waals surface area contributed by atoms with E-state index in [1.54, 1.807) is 24.8 Å². The van der Waals surface area contributed by atoms with Crippen molar-refractivity contribution in [1.82, 2.24) is 15.0 Å². The molecule has 1 unspecified atom stereocenters. The fraction of sp³-hybridized carbons (Fsp3) is 0.250. The van der Waals surface area contributed by atoms with Gasteiger partial charge in [-0.05, 0) is 12.1 Å². The van der Waals surface area contributed by atoms with Crippen molar-refractivity contribution in [2.45, 2.75) is 0 Å². The van der Waals surface area contributed by atoms with Crippen LogP contribution in [0.3, 0.4) is 0 Å². The van der Waals surface area contributed by atoms with Crippen molar-refractivity contribution in [1.29, 1.82) is 0 Å². The first kappa shape index (κ1) is 13.4. The van der Waals surface area contributed by atoms with Crippen molar-refractivity contribution in [3.05, 3.63) is 37.1 Å². The third-order valence-corrected chi connectivity index (χ3v) is 2.99. The lowest BCUT2D eigenvalue weighted by Crippen LogP contribution is -2.09. The predicted octanol–water partition coefficient (Wildman–Crippen LogP) is 1.37. The fourth-order valence-corrected chi connectivity index (χ4v) is 1.68. The van der Waals surface area contributed by atoms with Gasteiger partial charge in [0.2, 0.25) is 0 Å². The summed E-state index contributed by atoms with van der Waals surface area (Å²) in [4.78, 5) is 12.0. The summed E-state index contributed by atoms with van der Waals surface area (Å²) >= 11 is 0. The number of pyridine rings is 1. The maximum atomic E-state index is 11.0. The van der Waals surface area contributed by atoms with Gasteiger partial charge in [0.05, 0.1) is 18.6 Å². The van der Waals surface area contributed by atoms with E-state index in [2.05, 4.69) is 20.3 Å². The Kier molecular flexibility index (Phi) is 4.79. The summed E-state index contributed by atoms with van der Waals surface area (Å²) in [6, 6.07) is 3.65. The minimum atomic E-state index is -0.878. The number of anilines is 2. The second-order valence-electron chi connectivity index (χ2n) is 3.72. The normalized spacial score (nSPS) is 11.8. The first-order chi connectivity index (χ1) is 9.25. The number of hydrogen-bond donors (Lipinski definition) is 1. The molecule has 2 rings (SSSR count). The molecule has 0 fully saturated rings. The molecule has 2 aromatic rings. The Morgan fingerprint density at radius 3 is 2.84 bits per heavy atom. The predicted molar refractivity (Wildman–Crippen MR) is 74.0 cm³/mol. The molecule has 1 atom stereocenters. The van der Waals surface area contributed by atoms with Crippen LogP contribution < -0.4 is 10.1 Å². The molecule has 2 aromatic heterocycles. The molecule has 0 radical (unpaired) electrons. The van der Waals surface area contributed by atoms with Crippen LogP contribution in [0.15, 0.2) is 37.1 Å². The van der Waals surface area contributed by atoms with Gasteiger partial charge in [0.15, 0.2) is 11.6 Å². The van der Waals surface area contributed by atoms with Gasteiger partial charge in [-0.25, -0.2) is 9.97 Å². The lowest BCUT2D eigenvalue weighted by Gasteiger charge is -2.10. The van der Waals surface area contributed by atoms with Gasteiger partial charge in [-0.3, -0.25) is 9.19 Å². The number of rotatable bonds is 6. The number of nitrogens with one attached hydrogen (secondary N) is 1. The van der Waals surface area contributed by atoms with E-state index in [4.69, 9.17) is 4.74 Å². The molecule has 0 aliphatic carbocycles. The number of aromatic nitrogens is 3. The average molecular weight is 278 g/mol. The van der Waals surface area contributed by atoms with E-state index in [1.807, 2.05) is 12.1 Å². The maximum Gasteiger partial charge on any atom is 0.180 e. The van der Waals surface area contributed by atoms with E-state index in [9.17, 15) is 4.21 Å². The van der Waals surface area contributed by atoms with Crippen LogP contribution >= 0.6 is 0 Å². The van der Waals surface area contributed by atoms with Gasteiger partial charge in [0.25, 0.3) is 0 Å². The first-order valence-electron chi connectivity index (χ1n) is 5.65. The van der Waals surface area contributed by atoms with Crippen LogP contribution in [0.4, 0.5) is 11.5 Å². The first-order valence-corrected chi connectivity index (χ1v) is 7.38. The van der Waals surface area contributed by atoms with Crippen LogP contribution in [0.1, 0.15) is 0 Å². The molecule has 19 heavy (non-hydrogen) atoms. The Morgan fingerprint density at radius 1 is 1.32 bits per heavy atom. The van der Waals surface area contributed by atoms with Gasteiger partial charge in [0.1, 0.15) is 6.33 Å². The second kappa shape index (κ2) is 6.79. The molecule has 100 valence electrons. The molecule has 0 aromatic carbocycles. The van der Waals surface area contributed by atoms with Crippen molar-refractivity contribution < 1.29 is 8.95 Å². The minimum absolute atomic E-state index is 0.363. The summed E-state index contributed by atoms with van der Waals surface area (Å²) in [5, 5.41) is 3.12. The van der Waals surface area contributed by atoms with Crippen LogP contribution in [-0.2, 0) is 10.8 Å². The zero-order valence-corrected chi connectivity index (χ0v) is 11.3. The van der Waals surface area contributed by atoms with E-state index in [-0.39, 0.29) is 0 Å². The third kappa shape index (κ3) is 4.29. The molecule has 0 saturated carbocycles. The largest absolute Gasteiger partial charge is 0.487 e. The standard InChI is InChI=1S/C12H14N4O2S/c1-19(17)7-6-18-11-8-14-9-15-12(11)16-10-2-4-13-5-3-10/h2-5,8-9H,6-7H2,1H3,(H,13,14,15,16). The van der Waals surface area contributed by atoms with E-state index < -0.39 is 10.8 Å². The Labute approximate surface area is 113 Å². The monoisotopic (exact) mass is 278 g/mol. The van der Waals surface area contributed by atoms with E-state index in [0.717, 1.165) is 5.69 Å². The Bertz CT molecular complexity index is 550. The third-order valence-electron chi connectivity index (χ3n) is 2.25. The molecule has 0 bridgehead atoms. The van der Waals surface area contributed by atoms with Crippen LogP contribution in [0.2, 0.25) is 0 Å². The topological polar surface area (TPSA) is 77.0 Å². The smallest absolute Gasteiger partial charge is 0.180 e. The highest BCUT2D eigenvalue weighted by Crippen LogP contribution is 2.23. The maximum absolute atomic E-state index is 11.0. The summed E-state index contributed by atoms with van der Waals surface area (Å²) in [6.07, 6.45) is 8.03. The van der Waals surface area contributed by atoms with Crippen molar-refractivity contribution in [2.24, 2.45) is 0 Å². The fourth-order valence-electron chi connectivity index (χ4n) is 1.36. The van der Waals surface area contributed by atoms with Crippen LogP contribution in [0.25, 0.3) is 0 Å². The highest BCUT2D eigenvalue weighted by atomic mass is 32.2. The second-order valence-corrected chi connectivity index (χ2v) is 5.28. The molecule has 0 aliphatic rings. The molecular weight excluding hydrogens is 264 g/mol. The van der Waals surface area contributed by atoms with Gasteiger partial charge in [-0.15, -0.1) is 0 Å². The molecule has 1 N–H and O–H groups in total. The van der Waals surface area contributed by atoms with Crippen molar-refractivity contribution in [2.75, 3.05) is 23.9 Å². The summed E-state index contributed by atoms with van der Waals surface area (Å²) < 4.78 is 16.5. The van der Waals surface area contributed by atoms with Crippen LogP contribution in [0.5, 0.6) is 5.75 Å². The van der Waals surface area contributed by atoms with Gasteiger partial charge in [-0.1, -0.05) is 0 Å². The molecule has 6 nitrogen and oxygen atoms in total. The highest BCUT2D eigenvalue weighted by molar-refractivity contribution is 7.84. The number of nitrogens with zero attached hydrogens (tertiary/aromatic N) is 3. The van der Waals surface area contributed by atoms with Gasteiger partial charge >= 0.3 is 0 Å². The van der Waals surface area contributed by atoms with Crippen LogP contribution in [-0.4, -0.2) is 37.8 Å². The summed E-state index contributed by atoms with van der Waals surface area (Å²) in [5.41, 5.74) is 0.859. The lowest BCUT2D eigenvalue weighted by atomic mass is 10.4. The minimum Gasteiger partial charge on any atom is -0.487 e. The Balaban J connectivity index is 2.06. The lowest BCUT2D eigenvalue weighted by molar-refractivity contribution is 0.342. The quantitative estimate of drug-likeness (QED) is 0.860.